The summed E-state index contributed by atoms with van der Waals surface area (Å²) in [7, 11) is 1.39. The summed E-state index contributed by atoms with van der Waals surface area (Å²) in [5.41, 5.74) is 1.87. The van der Waals surface area contributed by atoms with E-state index < -0.39 is 0 Å². The number of carbonyl (C=O) groups is 1. The minimum atomic E-state index is -0.255. The number of ether oxygens (including phenoxy) is 1. The minimum Gasteiger partial charge on any atom is -0.870 e. The molecule has 0 spiro atoms. The van der Waals surface area contributed by atoms with Gasteiger partial charge in [0.1, 0.15) is 0 Å². The average Bonchev–Trinajstić information content (AvgIpc) is 2.15. The third-order valence-corrected chi connectivity index (χ3v) is 2.42. The topological polar surface area (TPSA) is 72.4 Å². The van der Waals surface area contributed by atoms with Crippen LogP contribution < -0.4 is 34.5 Å². The molecule has 6 heteroatoms. The van der Waals surface area contributed by atoms with Crippen molar-refractivity contribution in [2.24, 2.45) is 0 Å². The van der Waals surface area contributed by atoms with E-state index in [1.54, 1.807) is 6.20 Å². The van der Waals surface area contributed by atoms with Crippen LogP contribution >= 0.6 is 0 Å². The van der Waals surface area contributed by atoms with Gasteiger partial charge in [0.15, 0.2) is 0 Å². The molecular weight excluding hydrogens is 231 g/mol. The fraction of sp³-hybridized carbons (Fsp3) is 0.364. The number of carbonyl (C=O) groups excluding carboxylic acids is 1. The van der Waals surface area contributed by atoms with E-state index in [2.05, 4.69) is 21.0 Å². The Bertz CT molecular complexity index is 369. The van der Waals surface area contributed by atoms with E-state index in [4.69, 9.17) is 0 Å². The van der Waals surface area contributed by atoms with E-state index in [0.717, 1.165) is 24.5 Å². The maximum atomic E-state index is 11.1. The summed E-state index contributed by atoms with van der Waals surface area (Å²) in [5.74, 6) is -0.255. The average molecular weight is 245 g/mol. The minimum absolute atomic E-state index is 0. The quantitative estimate of drug-likeness (QED) is 0.339. The van der Waals surface area contributed by atoms with E-state index in [1.165, 1.54) is 7.11 Å². The molecule has 2 heterocycles. The normalized spacial score (nSPS) is 12.9. The van der Waals surface area contributed by atoms with Gasteiger partial charge in [-0.25, -0.2) is 0 Å². The van der Waals surface area contributed by atoms with E-state index in [9.17, 15) is 4.79 Å². The summed E-state index contributed by atoms with van der Waals surface area (Å²) < 4.78 is 4.60. The van der Waals surface area contributed by atoms with Crippen LogP contribution in [0.3, 0.4) is 0 Å². The third kappa shape index (κ3) is 4.27. The molecule has 0 aromatic carbocycles. The number of nitrogens with zero attached hydrogens (tertiary/aromatic N) is 2. The predicted octanol–water partition coefficient (Wildman–Crippen LogP) is -2.35. The van der Waals surface area contributed by atoms with Crippen molar-refractivity contribution in [1.82, 2.24) is 4.98 Å². The van der Waals surface area contributed by atoms with Crippen molar-refractivity contribution in [2.75, 3.05) is 25.1 Å². The summed E-state index contributed by atoms with van der Waals surface area (Å²) >= 11 is 0. The Balaban J connectivity index is 0.00000128. The molecule has 1 aliphatic heterocycles. The number of pyridine rings is 1. The van der Waals surface area contributed by atoms with Crippen LogP contribution in [-0.2, 0) is 16.0 Å². The predicted molar refractivity (Wildman–Crippen MR) is 58.4 cm³/mol. The summed E-state index contributed by atoms with van der Waals surface area (Å²) in [6.45, 7) is 1.95. The molecule has 0 atom stereocenters. The van der Waals surface area contributed by atoms with Gasteiger partial charge in [-0.3, -0.25) is 16.2 Å². The zero-order chi connectivity index (χ0) is 10.7. The SMILES string of the molecule is COC(=O)Cc1cc(N2C[CH-]C2)ccn1.[Na+].[OH-]. The molecule has 1 saturated heterocycles. The van der Waals surface area contributed by atoms with E-state index in [-0.39, 0.29) is 47.4 Å². The van der Waals surface area contributed by atoms with Gasteiger partial charge >= 0.3 is 35.5 Å². The first-order chi connectivity index (χ1) is 7.29. The number of esters is 1. The van der Waals surface area contributed by atoms with Gasteiger partial charge in [-0.2, -0.15) is 0 Å². The Morgan fingerprint density at radius 1 is 1.59 bits per heavy atom. The first kappa shape index (κ1) is 16.4. The van der Waals surface area contributed by atoms with Crippen molar-refractivity contribution in [1.29, 1.82) is 0 Å². The van der Waals surface area contributed by atoms with E-state index in [0.29, 0.717) is 0 Å². The van der Waals surface area contributed by atoms with Crippen LogP contribution in [0.25, 0.3) is 0 Å². The molecule has 0 bridgehead atoms. The largest absolute Gasteiger partial charge is 1.00 e. The van der Waals surface area contributed by atoms with Gasteiger partial charge < -0.3 is 15.1 Å². The fourth-order valence-electron chi connectivity index (χ4n) is 1.45. The van der Waals surface area contributed by atoms with E-state index in [1.807, 2.05) is 12.1 Å². The van der Waals surface area contributed by atoms with Crippen LogP contribution in [0.5, 0.6) is 0 Å². The molecule has 5 nitrogen and oxygen atoms in total. The Hall–Kier alpha value is -0.620. The van der Waals surface area contributed by atoms with Gasteiger partial charge in [0.05, 0.1) is 19.2 Å². The van der Waals surface area contributed by atoms with Crippen LogP contribution in [0.4, 0.5) is 5.69 Å². The van der Waals surface area contributed by atoms with Crippen molar-refractivity contribution < 1.29 is 44.6 Å². The molecule has 88 valence electrons. The molecule has 1 aliphatic rings. The standard InChI is InChI=1S/C11H13N2O2.Na.H2O/c1-15-11(14)8-9-7-10(3-4-12-9)13-5-2-6-13;;/h2-4,7H,5-6,8H2,1H3;;1H2/q-1;+1;/p-1. The number of aromatic nitrogens is 1. The first-order valence-corrected chi connectivity index (χ1v) is 4.88. The van der Waals surface area contributed by atoms with Gasteiger partial charge in [0, 0.05) is 11.9 Å². The Morgan fingerprint density at radius 2 is 2.29 bits per heavy atom. The van der Waals surface area contributed by atoms with Crippen LogP contribution in [0, 0.1) is 6.42 Å². The number of anilines is 1. The maximum absolute atomic E-state index is 11.1. The summed E-state index contributed by atoms with van der Waals surface area (Å²) in [6.07, 6.45) is 4.16. The zero-order valence-corrected chi connectivity index (χ0v) is 12.1. The van der Waals surface area contributed by atoms with Gasteiger partial charge in [-0.1, -0.05) is 0 Å². The van der Waals surface area contributed by atoms with E-state index >= 15 is 0 Å². The van der Waals surface area contributed by atoms with Gasteiger partial charge in [-0.15, -0.1) is 13.1 Å². The zero-order valence-electron chi connectivity index (χ0n) is 10.1. The Kier molecular flexibility index (Phi) is 7.38. The van der Waals surface area contributed by atoms with Crippen LogP contribution in [-0.4, -0.2) is 36.6 Å². The fourth-order valence-corrected chi connectivity index (χ4v) is 1.45. The van der Waals surface area contributed by atoms with Crippen molar-refractivity contribution in [3.05, 3.63) is 30.4 Å². The van der Waals surface area contributed by atoms with Gasteiger partial charge in [-0.05, 0) is 12.1 Å². The second kappa shape index (κ2) is 7.66. The van der Waals surface area contributed by atoms with Gasteiger partial charge in [0.2, 0.25) is 0 Å². The molecule has 1 aromatic heterocycles. The number of rotatable bonds is 3. The van der Waals surface area contributed by atoms with Crippen molar-refractivity contribution in [3.63, 3.8) is 0 Å². The second-order valence-electron chi connectivity index (χ2n) is 3.45. The molecule has 0 saturated carbocycles. The van der Waals surface area contributed by atoms with Crippen molar-refractivity contribution in [2.45, 2.75) is 6.42 Å². The first-order valence-electron chi connectivity index (χ1n) is 4.88. The molecule has 0 amide bonds. The number of hydrogen-bond donors (Lipinski definition) is 0. The third-order valence-electron chi connectivity index (χ3n) is 2.42. The molecule has 1 aromatic rings. The molecule has 17 heavy (non-hydrogen) atoms. The Morgan fingerprint density at radius 3 is 2.82 bits per heavy atom. The van der Waals surface area contributed by atoms with Crippen molar-refractivity contribution >= 4 is 11.7 Å². The summed E-state index contributed by atoms with van der Waals surface area (Å²) in [6, 6.07) is 3.89. The molecule has 0 unspecified atom stereocenters. The van der Waals surface area contributed by atoms with Crippen LogP contribution in [0.2, 0.25) is 0 Å². The summed E-state index contributed by atoms with van der Waals surface area (Å²) in [4.78, 5) is 17.4. The second-order valence-corrected chi connectivity index (χ2v) is 3.45. The molecule has 0 aliphatic carbocycles. The van der Waals surface area contributed by atoms with Crippen LogP contribution in [0.15, 0.2) is 18.3 Å². The molecule has 1 N–H and O–H groups in total. The van der Waals surface area contributed by atoms with Crippen molar-refractivity contribution in [3.8, 4) is 0 Å². The number of hydrogen-bond acceptors (Lipinski definition) is 5. The smallest absolute Gasteiger partial charge is 0.870 e. The maximum Gasteiger partial charge on any atom is 1.00 e. The molecule has 2 rings (SSSR count). The summed E-state index contributed by atoms with van der Waals surface area (Å²) in [5, 5.41) is 0. The Labute approximate surface area is 123 Å². The van der Waals surface area contributed by atoms with Crippen LogP contribution in [0.1, 0.15) is 5.69 Å². The monoisotopic (exact) mass is 245 g/mol. The molecule has 1 fully saturated rings. The van der Waals surface area contributed by atoms with Gasteiger partial charge in [0.25, 0.3) is 0 Å². The number of methoxy groups -OCH3 is 1. The molecular formula is C11H14N2NaO3-. The molecule has 0 radical (unpaired) electrons.